The Labute approximate surface area is 151 Å². The Morgan fingerprint density at radius 2 is 1.83 bits per heavy atom. The number of carbonyl (C=O) groups excluding carboxylic acids is 1. The average Bonchev–Trinajstić information content (AvgIpc) is 2.41. The molecule has 0 spiro atoms. The number of benzene rings is 1. The van der Waals surface area contributed by atoms with Crippen molar-refractivity contribution in [2.45, 2.75) is 38.1 Å². The molecule has 0 radical (unpaired) electrons. The van der Waals surface area contributed by atoms with E-state index in [2.05, 4.69) is 10.0 Å². The fourth-order valence-corrected chi connectivity index (χ4v) is 3.49. The Morgan fingerprint density at radius 3 is 2.33 bits per heavy atom. The van der Waals surface area contributed by atoms with Gasteiger partial charge in [0.1, 0.15) is 0 Å². The summed E-state index contributed by atoms with van der Waals surface area (Å²) >= 11 is 0. The Kier molecular flexibility index (Phi) is 8.38. The molecule has 2 N–H and O–H groups in total. The molecule has 1 aromatic rings. The van der Waals surface area contributed by atoms with Crippen molar-refractivity contribution in [3.05, 3.63) is 29.3 Å². The molecule has 0 saturated heterocycles. The van der Waals surface area contributed by atoms with Crippen LogP contribution < -0.4 is 10.0 Å². The number of aryl methyl sites for hydroxylation is 1. The van der Waals surface area contributed by atoms with Crippen LogP contribution in [-0.2, 0) is 10.0 Å². The molecule has 1 rings (SSSR count). The minimum absolute atomic E-state index is 0. The summed E-state index contributed by atoms with van der Waals surface area (Å²) in [5.74, 6) is -0.189. The van der Waals surface area contributed by atoms with Gasteiger partial charge in [-0.15, -0.1) is 12.4 Å². The summed E-state index contributed by atoms with van der Waals surface area (Å²) in [4.78, 5) is 14.2. The van der Waals surface area contributed by atoms with Crippen LogP contribution in [0.15, 0.2) is 23.1 Å². The van der Waals surface area contributed by atoms with E-state index in [1.54, 1.807) is 45.7 Å². The summed E-state index contributed by atoms with van der Waals surface area (Å²) in [6.45, 7) is 8.34. The van der Waals surface area contributed by atoms with Crippen molar-refractivity contribution in [2.24, 2.45) is 0 Å². The van der Waals surface area contributed by atoms with Gasteiger partial charge in [0.15, 0.2) is 0 Å². The largest absolute Gasteiger partial charge is 0.340 e. The predicted octanol–water partition coefficient (Wildman–Crippen LogP) is 1.79. The maximum atomic E-state index is 12.5. The molecule has 138 valence electrons. The van der Waals surface area contributed by atoms with Gasteiger partial charge in [0.05, 0.1) is 4.90 Å². The van der Waals surface area contributed by atoms with Crippen LogP contribution >= 0.6 is 12.4 Å². The number of nitrogens with zero attached hydrogens (tertiary/aromatic N) is 1. The highest BCUT2D eigenvalue weighted by molar-refractivity contribution is 7.89. The van der Waals surface area contributed by atoms with Crippen LogP contribution in [0.2, 0.25) is 0 Å². The Balaban J connectivity index is 0.00000529. The number of carbonyl (C=O) groups is 1. The van der Waals surface area contributed by atoms with Crippen LogP contribution in [0, 0.1) is 6.92 Å². The third-order valence-corrected chi connectivity index (χ3v) is 4.99. The van der Waals surface area contributed by atoms with E-state index < -0.39 is 15.6 Å². The fourth-order valence-electron chi connectivity index (χ4n) is 2.05. The van der Waals surface area contributed by atoms with Gasteiger partial charge in [-0.2, -0.15) is 0 Å². The molecule has 0 aromatic heterocycles. The lowest BCUT2D eigenvalue weighted by Crippen LogP contribution is -2.40. The molecule has 0 saturated carbocycles. The van der Waals surface area contributed by atoms with Crippen LogP contribution in [0.1, 0.15) is 36.7 Å². The Bertz CT molecular complexity index is 670. The number of nitrogens with one attached hydrogen (secondary N) is 2. The first kappa shape index (κ1) is 22.9. The number of hydrogen-bond donors (Lipinski definition) is 2. The second-order valence-corrected chi connectivity index (χ2v) is 8.34. The summed E-state index contributed by atoms with van der Waals surface area (Å²) in [5, 5.41) is 2.98. The third kappa shape index (κ3) is 6.39. The lowest BCUT2D eigenvalue weighted by atomic mass is 10.1. The summed E-state index contributed by atoms with van der Waals surface area (Å²) in [5.41, 5.74) is 0.568. The number of sulfonamides is 1. The van der Waals surface area contributed by atoms with Crippen molar-refractivity contribution < 1.29 is 13.2 Å². The molecule has 0 aliphatic carbocycles. The molecule has 0 bridgehead atoms. The van der Waals surface area contributed by atoms with Gasteiger partial charge in [-0.05, 0) is 52.4 Å². The van der Waals surface area contributed by atoms with E-state index in [9.17, 15) is 13.2 Å². The molecular weight excluding hydrogens is 350 g/mol. The van der Waals surface area contributed by atoms with Crippen molar-refractivity contribution in [3.8, 4) is 0 Å². The molecule has 0 fully saturated rings. The molecule has 8 heteroatoms. The Hall–Kier alpha value is -1.15. The van der Waals surface area contributed by atoms with Crippen molar-refractivity contribution in [3.63, 3.8) is 0 Å². The zero-order valence-electron chi connectivity index (χ0n) is 15.1. The van der Waals surface area contributed by atoms with Gasteiger partial charge >= 0.3 is 0 Å². The highest BCUT2D eigenvalue weighted by Crippen LogP contribution is 2.18. The van der Waals surface area contributed by atoms with Gasteiger partial charge in [-0.1, -0.05) is 6.07 Å². The van der Waals surface area contributed by atoms with E-state index in [0.717, 1.165) is 5.56 Å². The van der Waals surface area contributed by atoms with Crippen molar-refractivity contribution in [1.82, 2.24) is 14.9 Å². The van der Waals surface area contributed by atoms with Crippen molar-refractivity contribution in [2.75, 3.05) is 27.2 Å². The topological polar surface area (TPSA) is 78.5 Å². The first-order valence-electron chi connectivity index (χ1n) is 7.52. The minimum atomic E-state index is -3.67. The van der Waals surface area contributed by atoms with Crippen LogP contribution in [-0.4, -0.2) is 51.9 Å². The van der Waals surface area contributed by atoms with Crippen molar-refractivity contribution in [1.29, 1.82) is 0 Å². The summed E-state index contributed by atoms with van der Waals surface area (Å²) in [6.07, 6.45) is 0. The first-order valence-corrected chi connectivity index (χ1v) is 9.01. The molecule has 0 aliphatic rings. The monoisotopic (exact) mass is 377 g/mol. The summed E-state index contributed by atoms with van der Waals surface area (Å²) in [7, 11) is -0.150. The zero-order chi connectivity index (χ0) is 17.8. The number of hydrogen-bond acceptors (Lipinski definition) is 4. The highest BCUT2D eigenvalue weighted by atomic mass is 35.5. The first-order chi connectivity index (χ1) is 10.5. The van der Waals surface area contributed by atoms with E-state index >= 15 is 0 Å². The molecule has 0 unspecified atom stereocenters. The molecule has 1 aromatic carbocycles. The maximum Gasteiger partial charge on any atom is 0.253 e. The molecule has 6 nitrogen and oxygen atoms in total. The van der Waals surface area contributed by atoms with Crippen LogP contribution in [0.5, 0.6) is 0 Å². The van der Waals surface area contributed by atoms with Crippen molar-refractivity contribution >= 4 is 28.3 Å². The van der Waals surface area contributed by atoms with E-state index in [4.69, 9.17) is 0 Å². The van der Waals surface area contributed by atoms with E-state index in [-0.39, 0.29) is 23.2 Å². The van der Waals surface area contributed by atoms with E-state index in [1.165, 1.54) is 12.1 Å². The normalized spacial score (nSPS) is 11.8. The molecular formula is C16H28ClN3O3S. The van der Waals surface area contributed by atoms with Crippen LogP contribution in [0.4, 0.5) is 0 Å². The molecule has 0 atom stereocenters. The molecule has 1 amide bonds. The molecule has 24 heavy (non-hydrogen) atoms. The number of halogens is 1. The number of amides is 1. The molecule has 0 aliphatic heterocycles. The highest BCUT2D eigenvalue weighted by Gasteiger charge is 2.24. The van der Waals surface area contributed by atoms with Gasteiger partial charge in [-0.3, -0.25) is 4.79 Å². The Morgan fingerprint density at radius 1 is 1.25 bits per heavy atom. The van der Waals surface area contributed by atoms with Crippen LogP contribution in [0.3, 0.4) is 0 Å². The molecule has 0 heterocycles. The minimum Gasteiger partial charge on any atom is -0.340 e. The lowest BCUT2D eigenvalue weighted by Gasteiger charge is -2.22. The van der Waals surface area contributed by atoms with Gasteiger partial charge in [-0.25, -0.2) is 13.1 Å². The third-order valence-electron chi connectivity index (χ3n) is 3.23. The smallest absolute Gasteiger partial charge is 0.253 e. The van der Waals surface area contributed by atoms with Gasteiger partial charge < -0.3 is 10.2 Å². The van der Waals surface area contributed by atoms with Gasteiger partial charge in [0.2, 0.25) is 10.0 Å². The van der Waals surface area contributed by atoms with Crippen LogP contribution in [0.25, 0.3) is 0 Å². The number of rotatable bonds is 6. The lowest BCUT2D eigenvalue weighted by molar-refractivity contribution is 0.0796. The fraction of sp³-hybridized carbons (Fsp3) is 0.562. The van der Waals surface area contributed by atoms with Gasteiger partial charge in [0, 0.05) is 31.2 Å². The summed E-state index contributed by atoms with van der Waals surface area (Å²) < 4.78 is 27.5. The standard InChI is InChI=1S/C16H27N3O3S.ClH/c1-12-7-8-13(23(21,22)18-16(2,3)4)11-14(12)15(20)19(6)10-9-17-5;/h7-8,11,17-18H,9-10H2,1-6H3;1H. The second-order valence-electron chi connectivity index (χ2n) is 6.66. The van der Waals surface area contributed by atoms with Gasteiger partial charge in [0.25, 0.3) is 5.91 Å². The summed E-state index contributed by atoms with van der Waals surface area (Å²) in [6, 6.07) is 4.63. The SMILES string of the molecule is CNCCN(C)C(=O)c1cc(S(=O)(=O)NC(C)(C)C)ccc1C.Cl. The predicted molar refractivity (Wildman–Crippen MR) is 99.4 cm³/mol. The average molecular weight is 378 g/mol. The zero-order valence-corrected chi connectivity index (χ0v) is 16.8. The van der Waals surface area contributed by atoms with E-state index in [1.807, 2.05) is 7.05 Å². The van der Waals surface area contributed by atoms with E-state index in [0.29, 0.717) is 18.7 Å². The quantitative estimate of drug-likeness (QED) is 0.792. The maximum absolute atomic E-state index is 12.5. The second kappa shape index (κ2) is 8.80. The number of likely N-dealkylation sites (N-methyl/N-ethyl adjacent to an activating group) is 2.